The Morgan fingerprint density at radius 3 is 2.50 bits per heavy atom. The number of benzene rings is 1. The van der Waals surface area contributed by atoms with Crippen LogP contribution >= 0.6 is 23.1 Å². The zero-order valence-electron chi connectivity index (χ0n) is 14.2. The number of aromatic nitrogens is 1. The van der Waals surface area contributed by atoms with Crippen LogP contribution < -0.4 is 4.80 Å². The first-order valence-corrected chi connectivity index (χ1v) is 9.63. The topological polar surface area (TPSA) is 34.4 Å². The lowest BCUT2D eigenvalue weighted by Crippen LogP contribution is -2.24. The average Bonchev–Trinajstić information content (AvgIpc) is 2.73. The lowest BCUT2D eigenvalue weighted by Gasteiger charge is -2.12. The van der Waals surface area contributed by atoms with Gasteiger partial charge in [-0.3, -0.25) is 4.79 Å². The molecule has 0 saturated carbocycles. The van der Waals surface area contributed by atoms with E-state index in [1.807, 2.05) is 20.8 Å². The Bertz CT molecular complexity index is 763. The molecule has 5 heteroatoms. The summed E-state index contributed by atoms with van der Waals surface area (Å²) < 4.78 is 3.39. The number of thiazole rings is 1. The van der Waals surface area contributed by atoms with E-state index in [0.29, 0.717) is 0 Å². The van der Waals surface area contributed by atoms with Crippen molar-refractivity contribution in [2.75, 3.05) is 12.0 Å². The summed E-state index contributed by atoms with van der Waals surface area (Å²) in [4.78, 5) is 17.5. The van der Waals surface area contributed by atoms with E-state index < -0.39 is 5.41 Å². The first kappa shape index (κ1) is 17.3. The summed E-state index contributed by atoms with van der Waals surface area (Å²) in [6.07, 6.45) is 2.10. The van der Waals surface area contributed by atoms with Crippen molar-refractivity contribution in [1.29, 1.82) is 0 Å². The van der Waals surface area contributed by atoms with Gasteiger partial charge in [-0.05, 0) is 43.4 Å². The van der Waals surface area contributed by atoms with Gasteiger partial charge in [-0.25, -0.2) is 0 Å². The van der Waals surface area contributed by atoms with E-state index in [0.717, 1.165) is 17.1 Å². The van der Waals surface area contributed by atoms with Crippen molar-refractivity contribution >= 4 is 39.2 Å². The van der Waals surface area contributed by atoms with Crippen molar-refractivity contribution in [2.45, 2.75) is 41.2 Å². The van der Waals surface area contributed by atoms with Crippen molar-refractivity contribution in [1.82, 2.24) is 4.57 Å². The minimum Gasteiger partial charge on any atom is -0.316 e. The molecule has 120 valence electrons. The van der Waals surface area contributed by atoms with Crippen LogP contribution in [0.2, 0.25) is 0 Å². The summed E-state index contributed by atoms with van der Waals surface area (Å²) in [5, 5.41) is 0. The van der Waals surface area contributed by atoms with Crippen molar-refractivity contribution in [2.24, 2.45) is 10.4 Å². The molecule has 2 aromatic rings. The van der Waals surface area contributed by atoms with Crippen LogP contribution in [0.5, 0.6) is 0 Å². The molecule has 22 heavy (non-hydrogen) atoms. The monoisotopic (exact) mass is 336 g/mol. The fraction of sp³-hybridized carbons (Fsp3) is 0.529. The summed E-state index contributed by atoms with van der Waals surface area (Å²) in [7, 11) is 0. The first-order valence-electron chi connectivity index (χ1n) is 7.42. The highest BCUT2D eigenvalue weighted by atomic mass is 32.2. The summed E-state index contributed by atoms with van der Waals surface area (Å²) in [6, 6.07) is 4.41. The normalized spacial score (nSPS) is 13.1. The van der Waals surface area contributed by atoms with Crippen molar-refractivity contribution in [3.8, 4) is 0 Å². The summed E-state index contributed by atoms with van der Waals surface area (Å²) >= 11 is 3.41. The molecule has 0 fully saturated rings. The maximum Gasteiger partial charge on any atom is 0.253 e. The predicted octanol–water partition coefficient (Wildman–Crippen LogP) is 4.16. The summed E-state index contributed by atoms with van der Waals surface area (Å²) in [6.45, 7) is 10.9. The summed E-state index contributed by atoms with van der Waals surface area (Å²) in [5.41, 5.74) is 3.29. The minimum absolute atomic E-state index is 0.0644. The van der Waals surface area contributed by atoms with Crippen LogP contribution in [-0.2, 0) is 11.3 Å². The van der Waals surface area contributed by atoms with E-state index in [1.54, 1.807) is 23.1 Å². The molecule has 0 aliphatic carbocycles. The number of rotatable bonds is 3. The first-order chi connectivity index (χ1) is 10.2. The highest BCUT2D eigenvalue weighted by Gasteiger charge is 2.21. The molecule has 1 aromatic carbocycles. The van der Waals surface area contributed by atoms with E-state index >= 15 is 0 Å². The van der Waals surface area contributed by atoms with Gasteiger partial charge in [0.15, 0.2) is 4.80 Å². The highest BCUT2D eigenvalue weighted by molar-refractivity contribution is 7.98. The van der Waals surface area contributed by atoms with Crippen LogP contribution in [0.15, 0.2) is 17.1 Å². The number of hydrogen-bond acceptors (Lipinski definition) is 3. The van der Waals surface area contributed by atoms with Crippen molar-refractivity contribution in [3.05, 3.63) is 28.1 Å². The minimum atomic E-state index is -0.445. The van der Waals surface area contributed by atoms with Crippen LogP contribution in [0, 0.1) is 19.3 Å². The third-order valence-electron chi connectivity index (χ3n) is 3.66. The number of thioether (sulfide) groups is 1. The van der Waals surface area contributed by atoms with E-state index in [1.165, 1.54) is 21.3 Å². The Morgan fingerprint density at radius 1 is 1.27 bits per heavy atom. The van der Waals surface area contributed by atoms with E-state index in [2.05, 4.69) is 41.8 Å². The highest BCUT2D eigenvalue weighted by Crippen LogP contribution is 2.23. The zero-order valence-corrected chi connectivity index (χ0v) is 15.8. The molecule has 0 aliphatic heterocycles. The molecule has 0 N–H and O–H groups in total. The average molecular weight is 337 g/mol. The van der Waals surface area contributed by atoms with Gasteiger partial charge in [0.2, 0.25) is 0 Å². The van der Waals surface area contributed by atoms with Crippen molar-refractivity contribution in [3.63, 3.8) is 0 Å². The third-order valence-corrected chi connectivity index (χ3v) is 5.29. The van der Waals surface area contributed by atoms with Gasteiger partial charge >= 0.3 is 0 Å². The second kappa shape index (κ2) is 6.59. The van der Waals surface area contributed by atoms with Crippen LogP contribution in [0.25, 0.3) is 10.2 Å². The number of carbonyl (C=O) groups is 1. The van der Waals surface area contributed by atoms with E-state index in [-0.39, 0.29) is 5.91 Å². The second-order valence-corrected chi connectivity index (χ2v) is 8.59. The van der Waals surface area contributed by atoms with Gasteiger partial charge in [-0.2, -0.15) is 16.8 Å². The van der Waals surface area contributed by atoms with Gasteiger partial charge in [-0.15, -0.1) is 0 Å². The molecule has 0 unspecified atom stereocenters. The van der Waals surface area contributed by atoms with Gasteiger partial charge in [0, 0.05) is 17.7 Å². The molecule has 0 aliphatic rings. The third kappa shape index (κ3) is 3.63. The number of amides is 1. The smallest absolute Gasteiger partial charge is 0.253 e. The van der Waals surface area contributed by atoms with Gasteiger partial charge in [0.1, 0.15) is 0 Å². The molecule has 1 amide bonds. The molecule has 1 heterocycles. The van der Waals surface area contributed by atoms with Gasteiger partial charge in [0.05, 0.1) is 10.2 Å². The zero-order chi connectivity index (χ0) is 16.5. The molecule has 0 bridgehead atoms. The molecular weight excluding hydrogens is 312 g/mol. The lowest BCUT2D eigenvalue weighted by molar-refractivity contribution is -0.125. The number of hydrogen-bond donors (Lipinski definition) is 0. The number of fused-ring (bicyclic) bond motifs is 1. The molecular formula is C17H24N2OS2. The number of nitrogens with zero attached hydrogens (tertiary/aromatic N) is 2. The molecule has 0 atom stereocenters. The fourth-order valence-electron chi connectivity index (χ4n) is 2.06. The summed E-state index contributed by atoms with van der Waals surface area (Å²) in [5.74, 6) is 0.945. The maximum atomic E-state index is 12.3. The van der Waals surface area contributed by atoms with Crippen LogP contribution in [0.3, 0.4) is 0 Å². The fourth-order valence-corrected chi connectivity index (χ4v) is 3.56. The van der Waals surface area contributed by atoms with Gasteiger partial charge in [0.25, 0.3) is 5.91 Å². The number of carbonyl (C=O) groups excluding carboxylic acids is 1. The van der Waals surface area contributed by atoms with Crippen LogP contribution in [0.1, 0.15) is 31.9 Å². The maximum absolute atomic E-state index is 12.3. The Balaban J connectivity index is 2.67. The van der Waals surface area contributed by atoms with Crippen LogP contribution in [0.4, 0.5) is 0 Å². The quantitative estimate of drug-likeness (QED) is 0.843. The Kier molecular flexibility index (Phi) is 5.17. The Morgan fingerprint density at radius 2 is 1.91 bits per heavy atom. The van der Waals surface area contributed by atoms with Crippen molar-refractivity contribution < 1.29 is 4.79 Å². The van der Waals surface area contributed by atoms with Crippen LogP contribution in [-0.4, -0.2) is 22.5 Å². The molecule has 0 saturated heterocycles. The second-order valence-electron chi connectivity index (χ2n) is 6.60. The standard InChI is InChI=1S/C17H24N2OS2/c1-11-9-13-14(10-12(11)2)22-16(19(13)7-8-21-6)18-15(20)17(3,4)5/h9-10H,7-8H2,1-6H3. The van der Waals surface area contributed by atoms with E-state index in [9.17, 15) is 4.79 Å². The molecule has 0 radical (unpaired) electrons. The number of aryl methyl sites for hydroxylation is 3. The predicted molar refractivity (Wildman–Crippen MR) is 97.7 cm³/mol. The lowest BCUT2D eigenvalue weighted by atomic mass is 9.96. The SMILES string of the molecule is CSCCn1c(=NC(=O)C(C)(C)C)sc2cc(C)c(C)cc21. The molecule has 1 aromatic heterocycles. The molecule has 2 rings (SSSR count). The molecule has 3 nitrogen and oxygen atoms in total. The van der Waals surface area contributed by atoms with Gasteiger partial charge < -0.3 is 4.57 Å². The Labute approximate surface area is 140 Å². The molecule has 0 spiro atoms. The van der Waals surface area contributed by atoms with E-state index in [4.69, 9.17) is 0 Å². The van der Waals surface area contributed by atoms with Gasteiger partial charge in [-0.1, -0.05) is 32.1 Å². The Hall–Kier alpha value is -1.07. The largest absolute Gasteiger partial charge is 0.316 e.